The summed E-state index contributed by atoms with van der Waals surface area (Å²) in [5, 5.41) is 9.46. The van der Waals surface area contributed by atoms with Crippen molar-refractivity contribution in [3.05, 3.63) is 40.9 Å². The number of aromatic nitrogens is 3. The highest BCUT2D eigenvalue weighted by molar-refractivity contribution is 6.30. The van der Waals surface area contributed by atoms with Crippen molar-refractivity contribution in [2.75, 3.05) is 20.2 Å². The lowest BCUT2D eigenvalue weighted by Crippen LogP contribution is -2.41. The fraction of sp³-hybridized carbons (Fsp3) is 0.550. The van der Waals surface area contributed by atoms with Gasteiger partial charge in [-0.3, -0.25) is 4.57 Å². The molecule has 0 aliphatic carbocycles. The van der Waals surface area contributed by atoms with Gasteiger partial charge < -0.3 is 14.4 Å². The van der Waals surface area contributed by atoms with Crippen LogP contribution in [0.3, 0.4) is 0 Å². The fourth-order valence-electron chi connectivity index (χ4n) is 3.34. The first kappa shape index (κ1) is 20.6. The molecule has 1 fully saturated rings. The number of carbonyl (C=O) groups excluding carboxylic acids is 1. The van der Waals surface area contributed by atoms with Gasteiger partial charge in [-0.1, -0.05) is 11.6 Å². The summed E-state index contributed by atoms with van der Waals surface area (Å²) in [5.74, 6) is 1.83. The van der Waals surface area contributed by atoms with Crippen molar-refractivity contribution in [1.29, 1.82) is 0 Å². The summed E-state index contributed by atoms with van der Waals surface area (Å²) in [6.45, 7) is 7.27. The van der Waals surface area contributed by atoms with Crippen LogP contribution in [0.25, 0.3) is 5.69 Å². The van der Waals surface area contributed by atoms with E-state index >= 15 is 0 Å². The number of halogens is 1. The van der Waals surface area contributed by atoms with Crippen molar-refractivity contribution in [1.82, 2.24) is 19.7 Å². The van der Waals surface area contributed by atoms with Gasteiger partial charge in [-0.15, -0.1) is 10.2 Å². The molecule has 2 heterocycles. The van der Waals surface area contributed by atoms with Crippen molar-refractivity contribution >= 4 is 17.7 Å². The summed E-state index contributed by atoms with van der Waals surface area (Å²) in [4.78, 5) is 14.1. The molecule has 0 N–H and O–H groups in total. The van der Waals surface area contributed by atoms with Gasteiger partial charge in [-0.2, -0.15) is 0 Å². The molecular weight excluding hydrogens is 380 g/mol. The number of amides is 1. The van der Waals surface area contributed by atoms with Crippen LogP contribution in [0.1, 0.15) is 51.2 Å². The Morgan fingerprint density at radius 2 is 1.82 bits per heavy atom. The second kappa shape index (κ2) is 8.49. The van der Waals surface area contributed by atoms with E-state index in [1.165, 1.54) is 0 Å². The highest BCUT2D eigenvalue weighted by atomic mass is 35.5. The van der Waals surface area contributed by atoms with Gasteiger partial charge in [0.1, 0.15) is 18.0 Å². The molecule has 8 heteroatoms. The minimum Gasteiger partial charge on any atom is -0.444 e. The number of nitrogens with zero attached hydrogens (tertiary/aromatic N) is 4. The lowest BCUT2D eigenvalue weighted by Gasteiger charge is -2.33. The van der Waals surface area contributed by atoms with E-state index in [4.69, 9.17) is 21.1 Å². The number of likely N-dealkylation sites (tertiary alicyclic amines) is 1. The second-order valence-electron chi connectivity index (χ2n) is 7.96. The van der Waals surface area contributed by atoms with Gasteiger partial charge in [-0.25, -0.2) is 4.79 Å². The van der Waals surface area contributed by atoms with Gasteiger partial charge in [0.2, 0.25) is 0 Å². The lowest BCUT2D eigenvalue weighted by molar-refractivity contribution is 0.0202. The van der Waals surface area contributed by atoms with Gasteiger partial charge in [0.05, 0.1) is 0 Å². The Morgan fingerprint density at radius 1 is 1.18 bits per heavy atom. The maximum absolute atomic E-state index is 12.3. The average molecular weight is 407 g/mol. The van der Waals surface area contributed by atoms with Crippen LogP contribution < -0.4 is 0 Å². The first-order valence-electron chi connectivity index (χ1n) is 9.45. The predicted octanol–water partition coefficient (Wildman–Crippen LogP) is 4.18. The van der Waals surface area contributed by atoms with E-state index in [9.17, 15) is 4.79 Å². The Kier molecular flexibility index (Phi) is 6.25. The zero-order valence-electron chi connectivity index (χ0n) is 16.8. The molecule has 152 valence electrons. The molecule has 0 unspecified atom stereocenters. The van der Waals surface area contributed by atoms with E-state index in [1.54, 1.807) is 12.0 Å². The van der Waals surface area contributed by atoms with Crippen LogP contribution in [0, 0.1) is 0 Å². The zero-order valence-corrected chi connectivity index (χ0v) is 17.6. The lowest BCUT2D eigenvalue weighted by atomic mass is 9.96. The molecule has 1 aliphatic rings. The minimum atomic E-state index is -0.488. The summed E-state index contributed by atoms with van der Waals surface area (Å²) in [7, 11) is 1.64. The van der Waals surface area contributed by atoms with Gasteiger partial charge in [0.25, 0.3) is 0 Å². The van der Waals surface area contributed by atoms with Gasteiger partial charge in [0, 0.05) is 36.8 Å². The highest BCUT2D eigenvalue weighted by Crippen LogP contribution is 2.30. The number of carbonyl (C=O) groups is 1. The van der Waals surface area contributed by atoms with E-state index in [0.717, 1.165) is 30.2 Å². The Labute approximate surface area is 170 Å². The van der Waals surface area contributed by atoms with Crippen LogP contribution >= 0.6 is 11.6 Å². The summed E-state index contributed by atoms with van der Waals surface area (Å²) in [6, 6.07) is 7.60. The molecule has 0 atom stereocenters. The van der Waals surface area contributed by atoms with Crippen molar-refractivity contribution in [3.63, 3.8) is 0 Å². The predicted molar refractivity (Wildman–Crippen MR) is 107 cm³/mol. The van der Waals surface area contributed by atoms with Crippen molar-refractivity contribution in [2.45, 2.75) is 51.7 Å². The Morgan fingerprint density at radius 3 is 2.39 bits per heavy atom. The number of methoxy groups -OCH3 is 1. The average Bonchev–Trinajstić information content (AvgIpc) is 3.05. The van der Waals surface area contributed by atoms with Crippen LogP contribution in [0.4, 0.5) is 4.79 Å². The molecule has 2 aromatic rings. The molecule has 28 heavy (non-hydrogen) atoms. The normalized spacial score (nSPS) is 15.7. The third kappa shape index (κ3) is 4.83. The number of benzene rings is 1. The number of rotatable bonds is 4. The molecule has 1 amide bonds. The molecular formula is C20H27ClN4O3. The number of hydrogen-bond donors (Lipinski definition) is 0. The molecule has 0 saturated carbocycles. The van der Waals surface area contributed by atoms with Crippen LogP contribution in [-0.2, 0) is 16.1 Å². The third-order valence-corrected chi connectivity index (χ3v) is 4.88. The fourth-order valence-corrected chi connectivity index (χ4v) is 3.46. The topological polar surface area (TPSA) is 69.5 Å². The molecule has 7 nitrogen and oxygen atoms in total. The first-order valence-corrected chi connectivity index (χ1v) is 9.83. The van der Waals surface area contributed by atoms with Crippen molar-refractivity contribution < 1.29 is 14.3 Å². The van der Waals surface area contributed by atoms with Crippen LogP contribution in [0.5, 0.6) is 0 Å². The van der Waals surface area contributed by atoms with Gasteiger partial charge >= 0.3 is 6.09 Å². The summed E-state index contributed by atoms with van der Waals surface area (Å²) in [5.41, 5.74) is 0.462. The largest absolute Gasteiger partial charge is 0.444 e. The van der Waals surface area contributed by atoms with Crippen molar-refractivity contribution in [2.24, 2.45) is 0 Å². The monoisotopic (exact) mass is 406 g/mol. The van der Waals surface area contributed by atoms with E-state index in [1.807, 2.05) is 49.6 Å². The van der Waals surface area contributed by atoms with Crippen LogP contribution in [-0.4, -0.2) is 51.6 Å². The Bertz CT molecular complexity index is 806. The summed E-state index contributed by atoms with van der Waals surface area (Å²) >= 11 is 6.04. The molecule has 1 saturated heterocycles. The van der Waals surface area contributed by atoms with E-state index in [0.29, 0.717) is 24.7 Å². The molecule has 1 aliphatic heterocycles. The molecule has 0 bridgehead atoms. The molecule has 0 radical (unpaired) electrons. The Balaban J connectivity index is 1.78. The SMILES string of the molecule is COCc1nnc(C2CCN(C(=O)OC(C)(C)C)CC2)n1-c1ccc(Cl)cc1. The van der Waals surface area contributed by atoms with Gasteiger partial charge in [0.15, 0.2) is 5.82 Å². The number of ether oxygens (including phenoxy) is 2. The maximum Gasteiger partial charge on any atom is 0.410 e. The van der Waals surface area contributed by atoms with Crippen LogP contribution in [0.15, 0.2) is 24.3 Å². The minimum absolute atomic E-state index is 0.201. The highest BCUT2D eigenvalue weighted by Gasteiger charge is 2.30. The number of hydrogen-bond acceptors (Lipinski definition) is 5. The second-order valence-corrected chi connectivity index (χ2v) is 8.40. The number of piperidine rings is 1. The zero-order chi connectivity index (χ0) is 20.3. The molecule has 0 spiro atoms. The molecule has 1 aromatic carbocycles. The Hall–Kier alpha value is -2.12. The summed E-state index contributed by atoms with van der Waals surface area (Å²) in [6.07, 6.45) is 1.35. The van der Waals surface area contributed by atoms with Crippen LogP contribution in [0.2, 0.25) is 5.02 Å². The van der Waals surface area contributed by atoms with Gasteiger partial charge in [-0.05, 0) is 57.9 Å². The summed E-state index contributed by atoms with van der Waals surface area (Å²) < 4.78 is 12.8. The maximum atomic E-state index is 12.3. The van der Waals surface area contributed by atoms with E-state index in [2.05, 4.69) is 10.2 Å². The standard InChI is InChI=1S/C20H27ClN4O3/c1-20(2,3)28-19(26)24-11-9-14(10-12-24)18-23-22-17(13-27-4)25(18)16-7-5-15(21)6-8-16/h5-8,14H,9-13H2,1-4H3. The molecule has 1 aromatic heterocycles. The third-order valence-electron chi connectivity index (χ3n) is 4.63. The quantitative estimate of drug-likeness (QED) is 0.761. The smallest absolute Gasteiger partial charge is 0.410 e. The van der Waals surface area contributed by atoms with Crippen molar-refractivity contribution in [3.8, 4) is 5.69 Å². The van der Waals surface area contributed by atoms with E-state index < -0.39 is 5.60 Å². The molecule has 3 rings (SSSR count). The first-order chi connectivity index (χ1) is 13.3. The van der Waals surface area contributed by atoms with E-state index in [-0.39, 0.29) is 12.0 Å².